The van der Waals surface area contributed by atoms with Crippen molar-refractivity contribution in [3.8, 4) is 0 Å². The predicted octanol–water partition coefficient (Wildman–Crippen LogP) is 1.44. The van der Waals surface area contributed by atoms with Crippen molar-refractivity contribution in [2.45, 2.75) is 40.3 Å². The average molecular weight is 172 g/mol. The molecule has 12 heavy (non-hydrogen) atoms. The van der Waals surface area contributed by atoms with Crippen LogP contribution in [-0.2, 0) is 9.53 Å². The molecule has 0 fully saturated rings. The summed E-state index contributed by atoms with van der Waals surface area (Å²) in [6.07, 6.45) is 0.576. The Kier molecular flexibility index (Phi) is 4.90. The van der Waals surface area contributed by atoms with Crippen LogP contribution in [0.25, 0.3) is 0 Å². The van der Waals surface area contributed by atoms with Crippen LogP contribution < -0.4 is 5.32 Å². The lowest BCUT2D eigenvalue weighted by molar-refractivity contribution is 0.125. The van der Waals surface area contributed by atoms with Crippen LogP contribution in [0, 0.1) is 5.41 Å². The number of nitrogens with one attached hydrogen (secondary N) is 1. The number of hydrogen-bond acceptors (Lipinski definition) is 3. The van der Waals surface area contributed by atoms with E-state index in [4.69, 9.17) is 0 Å². The molecule has 0 rings (SSSR count). The molecule has 0 aliphatic heterocycles. The van der Waals surface area contributed by atoms with Crippen LogP contribution in [0.15, 0.2) is 0 Å². The molecule has 3 heteroatoms. The van der Waals surface area contributed by atoms with Gasteiger partial charge < -0.3 is 4.74 Å². The molecule has 0 spiro atoms. The summed E-state index contributed by atoms with van der Waals surface area (Å²) in [7, 11) is 0. The molecule has 1 atom stereocenters. The molecular weight excluding hydrogens is 154 g/mol. The Hall–Kier alpha value is -0.570. The van der Waals surface area contributed by atoms with Crippen molar-refractivity contribution in [1.29, 1.82) is 0 Å². The van der Waals surface area contributed by atoms with Crippen LogP contribution >= 0.6 is 0 Å². The smallest absolute Gasteiger partial charge is 0.419 e. The molecule has 0 aromatic rings. The summed E-state index contributed by atoms with van der Waals surface area (Å²) >= 11 is 0. The van der Waals surface area contributed by atoms with E-state index < -0.39 is 0 Å². The SMILES string of the molecule is CCC(NCC(C)(C)C)O[C]=O. The van der Waals surface area contributed by atoms with Crippen molar-refractivity contribution in [1.82, 2.24) is 5.32 Å². The standard InChI is InChI=1S/C9H18NO2/c1-5-8(12-7-11)10-6-9(2,3)4/h8,10H,5-6H2,1-4H3. The van der Waals surface area contributed by atoms with E-state index in [2.05, 4.69) is 30.8 Å². The first-order chi connectivity index (χ1) is 5.49. The van der Waals surface area contributed by atoms with Crippen molar-refractivity contribution in [3.63, 3.8) is 0 Å². The van der Waals surface area contributed by atoms with Gasteiger partial charge in [0.05, 0.1) is 0 Å². The predicted molar refractivity (Wildman–Crippen MR) is 48.3 cm³/mol. The fraction of sp³-hybridized carbons (Fsp3) is 0.889. The third kappa shape index (κ3) is 6.16. The van der Waals surface area contributed by atoms with Gasteiger partial charge in [-0.05, 0) is 11.8 Å². The Labute approximate surface area is 74.5 Å². The number of hydrogen-bond donors (Lipinski definition) is 1. The Morgan fingerprint density at radius 3 is 2.42 bits per heavy atom. The second-order valence-corrected chi connectivity index (χ2v) is 4.04. The van der Waals surface area contributed by atoms with E-state index in [9.17, 15) is 4.79 Å². The molecule has 0 saturated carbocycles. The van der Waals surface area contributed by atoms with Crippen LogP contribution in [-0.4, -0.2) is 19.2 Å². The molecule has 0 bridgehead atoms. The lowest BCUT2D eigenvalue weighted by Gasteiger charge is -2.22. The topological polar surface area (TPSA) is 38.3 Å². The number of ether oxygens (including phenoxy) is 1. The highest BCUT2D eigenvalue weighted by atomic mass is 16.5. The normalized spacial score (nSPS) is 14.0. The fourth-order valence-electron chi connectivity index (χ4n) is 0.747. The van der Waals surface area contributed by atoms with Crippen LogP contribution in [0.4, 0.5) is 0 Å². The summed E-state index contributed by atoms with van der Waals surface area (Å²) in [4.78, 5) is 9.91. The Morgan fingerprint density at radius 1 is 1.50 bits per heavy atom. The number of carbonyl (C=O) groups excluding carboxylic acids is 1. The van der Waals surface area contributed by atoms with E-state index in [1.807, 2.05) is 6.92 Å². The minimum Gasteiger partial charge on any atom is -0.438 e. The van der Waals surface area contributed by atoms with Gasteiger partial charge in [0, 0.05) is 6.54 Å². The van der Waals surface area contributed by atoms with E-state index in [-0.39, 0.29) is 11.6 Å². The highest BCUT2D eigenvalue weighted by molar-refractivity contribution is 5.38. The van der Waals surface area contributed by atoms with E-state index in [0.717, 1.165) is 13.0 Å². The van der Waals surface area contributed by atoms with Crippen molar-refractivity contribution in [2.24, 2.45) is 5.41 Å². The summed E-state index contributed by atoms with van der Waals surface area (Å²) in [5, 5.41) is 3.13. The van der Waals surface area contributed by atoms with Gasteiger partial charge in [-0.2, -0.15) is 0 Å². The zero-order chi connectivity index (χ0) is 9.61. The molecule has 0 heterocycles. The fourth-order valence-corrected chi connectivity index (χ4v) is 0.747. The quantitative estimate of drug-likeness (QED) is 0.638. The average Bonchev–Trinajstić information content (AvgIpc) is 1.96. The molecule has 0 aromatic carbocycles. The minimum atomic E-state index is -0.193. The maximum Gasteiger partial charge on any atom is 0.419 e. The van der Waals surface area contributed by atoms with Crippen molar-refractivity contribution in [3.05, 3.63) is 0 Å². The van der Waals surface area contributed by atoms with Crippen LogP contribution in [0.3, 0.4) is 0 Å². The molecule has 1 N–H and O–H groups in total. The monoisotopic (exact) mass is 172 g/mol. The van der Waals surface area contributed by atoms with Crippen LogP contribution in [0.1, 0.15) is 34.1 Å². The zero-order valence-electron chi connectivity index (χ0n) is 8.31. The maximum atomic E-state index is 9.91. The molecule has 1 unspecified atom stereocenters. The van der Waals surface area contributed by atoms with Gasteiger partial charge in [0.25, 0.3) is 0 Å². The third-order valence-corrected chi connectivity index (χ3v) is 1.42. The van der Waals surface area contributed by atoms with Gasteiger partial charge in [-0.1, -0.05) is 27.7 Å². The first-order valence-electron chi connectivity index (χ1n) is 4.26. The summed E-state index contributed by atoms with van der Waals surface area (Å²) in [6.45, 7) is 10.6. The van der Waals surface area contributed by atoms with Gasteiger partial charge in [0.15, 0.2) is 6.23 Å². The summed E-state index contributed by atoms with van der Waals surface area (Å²) in [6, 6.07) is 0. The zero-order valence-corrected chi connectivity index (χ0v) is 8.31. The maximum absolute atomic E-state index is 9.91. The first-order valence-corrected chi connectivity index (χ1v) is 4.26. The van der Waals surface area contributed by atoms with Gasteiger partial charge in [0.1, 0.15) is 0 Å². The molecule has 0 aliphatic carbocycles. The molecule has 0 amide bonds. The Bertz CT molecular complexity index is 129. The van der Waals surface area contributed by atoms with Gasteiger partial charge >= 0.3 is 6.47 Å². The van der Waals surface area contributed by atoms with Crippen molar-refractivity contribution >= 4 is 6.47 Å². The minimum absolute atomic E-state index is 0.193. The molecule has 0 aromatic heterocycles. The van der Waals surface area contributed by atoms with Crippen molar-refractivity contribution < 1.29 is 9.53 Å². The molecule has 0 aliphatic rings. The molecule has 1 radical (unpaired) electrons. The number of rotatable bonds is 5. The van der Waals surface area contributed by atoms with E-state index in [1.54, 1.807) is 0 Å². The second kappa shape index (κ2) is 5.14. The molecular formula is C9H18NO2. The lowest BCUT2D eigenvalue weighted by Crippen LogP contribution is -2.37. The van der Waals surface area contributed by atoms with Gasteiger partial charge in [-0.3, -0.25) is 5.32 Å². The van der Waals surface area contributed by atoms with Gasteiger partial charge in [-0.25, -0.2) is 4.79 Å². The Morgan fingerprint density at radius 2 is 2.08 bits per heavy atom. The van der Waals surface area contributed by atoms with Gasteiger partial charge in [0.2, 0.25) is 0 Å². The Balaban J connectivity index is 3.64. The third-order valence-electron chi connectivity index (χ3n) is 1.42. The highest BCUT2D eigenvalue weighted by Gasteiger charge is 2.13. The molecule has 71 valence electrons. The summed E-state index contributed by atoms with van der Waals surface area (Å²) in [5.41, 5.74) is 0.208. The molecule has 3 nitrogen and oxygen atoms in total. The first kappa shape index (κ1) is 11.4. The summed E-state index contributed by atoms with van der Waals surface area (Å²) < 4.78 is 4.67. The second-order valence-electron chi connectivity index (χ2n) is 4.04. The lowest BCUT2D eigenvalue weighted by atomic mass is 9.97. The highest BCUT2D eigenvalue weighted by Crippen LogP contribution is 2.11. The van der Waals surface area contributed by atoms with E-state index >= 15 is 0 Å². The molecule has 0 saturated heterocycles. The van der Waals surface area contributed by atoms with Crippen molar-refractivity contribution in [2.75, 3.05) is 6.54 Å². The van der Waals surface area contributed by atoms with Gasteiger partial charge in [-0.15, -0.1) is 0 Å². The summed E-state index contributed by atoms with van der Waals surface area (Å²) in [5.74, 6) is 0. The van der Waals surface area contributed by atoms with E-state index in [1.165, 1.54) is 6.47 Å². The van der Waals surface area contributed by atoms with Crippen LogP contribution in [0.5, 0.6) is 0 Å². The van der Waals surface area contributed by atoms with E-state index in [0.29, 0.717) is 0 Å². The largest absolute Gasteiger partial charge is 0.438 e. The van der Waals surface area contributed by atoms with Crippen LogP contribution in [0.2, 0.25) is 0 Å².